The van der Waals surface area contributed by atoms with E-state index in [2.05, 4.69) is 6.92 Å². The molecular formula is C9H20O. The molecule has 10 heavy (non-hydrogen) atoms. The van der Waals surface area contributed by atoms with E-state index in [4.69, 9.17) is 0 Å². The summed E-state index contributed by atoms with van der Waals surface area (Å²) < 4.78 is 0. The highest BCUT2D eigenvalue weighted by Gasteiger charge is 2.30. The molecule has 1 saturated carbocycles. The molecule has 0 heterocycles. The van der Waals surface area contributed by atoms with Crippen LogP contribution in [0.2, 0.25) is 0 Å². The highest BCUT2D eigenvalue weighted by molar-refractivity contribution is 4.82. The lowest BCUT2D eigenvalue weighted by Crippen LogP contribution is -2.35. The Hall–Kier alpha value is -0.0400. The second kappa shape index (κ2) is 3.38. The molecule has 0 radical (unpaired) electrons. The molecule has 62 valence electrons. The van der Waals surface area contributed by atoms with Gasteiger partial charge in [-0.05, 0) is 25.7 Å². The second-order valence-corrected chi connectivity index (χ2v) is 3.50. The Bertz CT molecular complexity index is 96.9. The minimum Gasteiger partial charge on any atom is -0.390 e. The maximum Gasteiger partial charge on any atom is 0.0645 e. The maximum absolute atomic E-state index is 9.64. The van der Waals surface area contributed by atoms with Crippen molar-refractivity contribution in [2.45, 2.75) is 52.6 Å². The van der Waals surface area contributed by atoms with E-state index in [-0.39, 0.29) is 13.0 Å². The van der Waals surface area contributed by atoms with Crippen molar-refractivity contribution in [2.24, 2.45) is 5.92 Å². The summed E-state index contributed by atoms with van der Waals surface area (Å²) in [5.41, 5.74) is -0.363. The van der Waals surface area contributed by atoms with Gasteiger partial charge in [-0.25, -0.2) is 0 Å². The summed E-state index contributed by atoms with van der Waals surface area (Å²) in [5, 5.41) is 9.64. The molecule has 0 spiro atoms. The van der Waals surface area contributed by atoms with Crippen LogP contribution in [-0.2, 0) is 0 Å². The molecule has 1 rings (SSSR count). The predicted molar refractivity (Wildman–Crippen MR) is 45.0 cm³/mol. The van der Waals surface area contributed by atoms with Crippen molar-refractivity contribution in [3.63, 3.8) is 0 Å². The normalized spacial score (nSPS) is 40.5. The van der Waals surface area contributed by atoms with Gasteiger partial charge in [0.2, 0.25) is 0 Å². The van der Waals surface area contributed by atoms with E-state index in [1.807, 2.05) is 6.92 Å². The van der Waals surface area contributed by atoms with E-state index in [0.29, 0.717) is 5.92 Å². The zero-order chi connectivity index (χ0) is 6.91. The lowest BCUT2D eigenvalue weighted by atomic mass is 9.78. The first-order chi connectivity index (χ1) is 4.13. The molecule has 0 aromatic rings. The van der Waals surface area contributed by atoms with Crippen LogP contribution in [0.1, 0.15) is 47.0 Å². The minimum absolute atomic E-state index is 0. The van der Waals surface area contributed by atoms with Crippen LogP contribution in [0, 0.1) is 5.92 Å². The van der Waals surface area contributed by atoms with Crippen LogP contribution in [0.4, 0.5) is 0 Å². The highest BCUT2D eigenvalue weighted by Crippen LogP contribution is 2.32. The largest absolute Gasteiger partial charge is 0.390 e. The first kappa shape index (κ1) is 9.96. The molecule has 1 aliphatic rings. The van der Waals surface area contributed by atoms with Gasteiger partial charge in [0.25, 0.3) is 0 Å². The summed E-state index contributed by atoms with van der Waals surface area (Å²) in [4.78, 5) is 0. The maximum atomic E-state index is 9.64. The number of aliphatic hydroxyl groups is 1. The number of rotatable bonds is 0. The minimum atomic E-state index is -0.363. The van der Waals surface area contributed by atoms with Crippen molar-refractivity contribution in [1.82, 2.24) is 0 Å². The second-order valence-electron chi connectivity index (χ2n) is 3.50. The van der Waals surface area contributed by atoms with Crippen LogP contribution in [0.5, 0.6) is 0 Å². The monoisotopic (exact) mass is 144 g/mol. The summed E-state index contributed by atoms with van der Waals surface area (Å²) in [6.45, 7) is 4.09. The Morgan fingerprint density at radius 1 is 1.40 bits per heavy atom. The van der Waals surface area contributed by atoms with E-state index in [1.54, 1.807) is 0 Å². The molecule has 0 saturated heterocycles. The lowest BCUT2D eigenvalue weighted by Gasteiger charge is -2.34. The fraction of sp³-hybridized carbons (Fsp3) is 1.00. The lowest BCUT2D eigenvalue weighted by molar-refractivity contribution is -0.0239. The van der Waals surface area contributed by atoms with Crippen molar-refractivity contribution < 1.29 is 5.11 Å². The Labute approximate surface area is 64.5 Å². The van der Waals surface area contributed by atoms with Crippen LogP contribution >= 0.6 is 0 Å². The van der Waals surface area contributed by atoms with Gasteiger partial charge >= 0.3 is 0 Å². The molecule has 0 amide bonds. The fourth-order valence-corrected chi connectivity index (χ4v) is 1.49. The van der Waals surface area contributed by atoms with E-state index in [1.165, 1.54) is 19.3 Å². The van der Waals surface area contributed by atoms with Crippen LogP contribution in [0.15, 0.2) is 0 Å². The summed E-state index contributed by atoms with van der Waals surface area (Å²) in [7, 11) is 0. The quantitative estimate of drug-likeness (QED) is 0.554. The Kier molecular flexibility index (Phi) is 3.37. The molecule has 0 bridgehead atoms. The van der Waals surface area contributed by atoms with Crippen molar-refractivity contribution in [1.29, 1.82) is 0 Å². The third kappa shape index (κ3) is 1.98. The van der Waals surface area contributed by atoms with Crippen LogP contribution in [-0.4, -0.2) is 10.7 Å². The molecule has 2 unspecified atom stereocenters. The summed E-state index contributed by atoms with van der Waals surface area (Å²) >= 11 is 0. The van der Waals surface area contributed by atoms with E-state index in [9.17, 15) is 5.11 Å². The van der Waals surface area contributed by atoms with Crippen molar-refractivity contribution in [2.75, 3.05) is 0 Å². The van der Waals surface area contributed by atoms with Gasteiger partial charge in [0.15, 0.2) is 0 Å². The topological polar surface area (TPSA) is 20.2 Å². The molecule has 1 fully saturated rings. The molecule has 1 nitrogen and oxygen atoms in total. The van der Waals surface area contributed by atoms with Gasteiger partial charge in [0, 0.05) is 0 Å². The third-order valence-electron chi connectivity index (χ3n) is 2.63. The van der Waals surface area contributed by atoms with E-state index in [0.717, 1.165) is 6.42 Å². The average Bonchev–Trinajstić information content (AvgIpc) is 1.77. The smallest absolute Gasteiger partial charge is 0.0645 e. The van der Waals surface area contributed by atoms with Gasteiger partial charge in [-0.2, -0.15) is 0 Å². The molecule has 0 aromatic heterocycles. The summed E-state index contributed by atoms with van der Waals surface area (Å²) in [6.07, 6.45) is 4.70. The Morgan fingerprint density at radius 2 is 2.00 bits per heavy atom. The summed E-state index contributed by atoms with van der Waals surface area (Å²) in [5.74, 6) is 0.506. The zero-order valence-electron chi connectivity index (χ0n) is 6.35. The Morgan fingerprint density at radius 3 is 2.30 bits per heavy atom. The molecule has 2 atom stereocenters. The molecule has 1 aliphatic carbocycles. The SMILES string of the molecule is C.CC1CCCCC1(C)O. The van der Waals surface area contributed by atoms with Crippen molar-refractivity contribution in [3.05, 3.63) is 0 Å². The third-order valence-corrected chi connectivity index (χ3v) is 2.63. The number of hydrogen-bond donors (Lipinski definition) is 1. The van der Waals surface area contributed by atoms with Crippen LogP contribution in [0.3, 0.4) is 0 Å². The fourth-order valence-electron chi connectivity index (χ4n) is 1.49. The molecule has 1 N–H and O–H groups in total. The van der Waals surface area contributed by atoms with Gasteiger partial charge < -0.3 is 5.11 Å². The first-order valence-electron chi connectivity index (χ1n) is 3.85. The predicted octanol–water partition coefficient (Wildman–Crippen LogP) is 2.58. The average molecular weight is 144 g/mol. The zero-order valence-corrected chi connectivity index (χ0v) is 6.35. The van der Waals surface area contributed by atoms with E-state index < -0.39 is 0 Å². The van der Waals surface area contributed by atoms with Gasteiger partial charge in [-0.3, -0.25) is 0 Å². The molecule has 0 aromatic carbocycles. The molecule has 1 heteroatoms. The van der Waals surface area contributed by atoms with E-state index >= 15 is 0 Å². The van der Waals surface area contributed by atoms with Gasteiger partial charge in [0.1, 0.15) is 0 Å². The molecular weight excluding hydrogens is 124 g/mol. The summed E-state index contributed by atoms with van der Waals surface area (Å²) in [6, 6.07) is 0. The van der Waals surface area contributed by atoms with Gasteiger partial charge in [-0.1, -0.05) is 27.2 Å². The van der Waals surface area contributed by atoms with Crippen LogP contribution in [0.25, 0.3) is 0 Å². The first-order valence-corrected chi connectivity index (χ1v) is 3.85. The van der Waals surface area contributed by atoms with Crippen molar-refractivity contribution in [3.8, 4) is 0 Å². The standard InChI is InChI=1S/C8H16O.CH4/c1-7-5-3-4-6-8(7,2)9;/h7,9H,3-6H2,1-2H3;1H4. The van der Waals surface area contributed by atoms with Crippen molar-refractivity contribution >= 4 is 0 Å². The Balaban J connectivity index is 0.000000810. The van der Waals surface area contributed by atoms with Gasteiger partial charge in [0.05, 0.1) is 5.60 Å². The highest BCUT2D eigenvalue weighted by atomic mass is 16.3. The molecule has 0 aliphatic heterocycles. The van der Waals surface area contributed by atoms with Gasteiger partial charge in [-0.15, -0.1) is 0 Å². The number of hydrogen-bond acceptors (Lipinski definition) is 1. The van der Waals surface area contributed by atoms with Crippen LogP contribution < -0.4 is 0 Å².